The Morgan fingerprint density at radius 2 is 1.55 bits per heavy atom. The van der Waals surface area contributed by atoms with Crippen LogP contribution in [-0.2, 0) is 11.2 Å². The maximum Gasteiger partial charge on any atom is 0.0974 e. The van der Waals surface area contributed by atoms with E-state index in [9.17, 15) is 0 Å². The number of hydrogen-bond acceptors (Lipinski definition) is 2. The number of rotatable bonds is 7. The molecular formula is C18H23NO. The van der Waals surface area contributed by atoms with Crippen molar-refractivity contribution >= 4 is 0 Å². The van der Waals surface area contributed by atoms with Gasteiger partial charge in [-0.1, -0.05) is 60.7 Å². The molecule has 0 saturated heterocycles. The van der Waals surface area contributed by atoms with Gasteiger partial charge in [0.25, 0.3) is 0 Å². The third-order valence-corrected chi connectivity index (χ3v) is 3.71. The molecule has 0 aliphatic rings. The van der Waals surface area contributed by atoms with E-state index in [1.54, 1.807) is 7.11 Å². The summed E-state index contributed by atoms with van der Waals surface area (Å²) in [6.07, 6.45) is 2.19. The van der Waals surface area contributed by atoms with Crippen molar-refractivity contribution in [3.05, 3.63) is 71.8 Å². The third-order valence-electron chi connectivity index (χ3n) is 3.71. The van der Waals surface area contributed by atoms with Crippen molar-refractivity contribution < 1.29 is 4.74 Å². The normalized spacial score (nSPS) is 13.9. The maximum atomic E-state index is 5.72. The first kappa shape index (κ1) is 14.8. The number of aryl methyl sites for hydroxylation is 1. The minimum Gasteiger partial charge on any atom is -0.375 e. The zero-order valence-corrected chi connectivity index (χ0v) is 12.3. The fraction of sp³-hybridized carbons (Fsp3) is 0.333. The SMILES string of the molecule is CNC(CCc1ccccc1)C(OC)c1ccccc1. The topological polar surface area (TPSA) is 21.3 Å². The lowest BCUT2D eigenvalue weighted by molar-refractivity contribution is 0.0676. The van der Waals surface area contributed by atoms with E-state index < -0.39 is 0 Å². The predicted molar refractivity (Wildman–Crippen MR) is 83.8 cm³/mol. The van der Waals surface area contributed by atoms with Crippen LogP contribution >= 0.6 is 0 Å². The molecule has 0 fully saturated rings. The molecule has 0 aromatic heterocycles. The van der Waals surface area contributed by atoms with Crippen LogP contribution in [0.1, 0.15) is 23.7 Å². The lowest BCUT2D eigenvalue weighted by atomic mass is 9.96. The van der Waals surface area contributed by atoms with Gasteiger partial charge in [-0.2, -0.15) is 0 Å². The standard InChI is InChI=1S/C18H23NO/c1-19-17(14-13-15-9-5-3-6-10-15)18(20-2)16-11-7-4-8-12-16/h3-12,17-19H,13-14H2,1-2H3. The van der Waals surface area contributed by atoms with Crippen LogP contribution in [0, 0.1) is 0 Å². The summed E-state index contributed by atoms with van der Waals surface area (Å²) in [5.41, 5.74) is 2.60. The second-order valence-electron chi connectivity index (χ2n) is 4.99. The summed E-state index contributed by atoms with van der Waals surface area (Å²) in [4.78, 5) is 0. The van der Waals surface area contributed by atoms with Gasteiger partial charge in [0.05, 0.1) is 6.10 Å². The molecule has 0 saturated carbocycles. The van der Waals surface area contributed by atoms with Crippen LogP contribution in [0.15, 0.2) is 60.7 Å². The Balaban J connectivity index is 2.03. The molecule has 2 atom stereocenters. The molecule has 1 N–H and O–H groups in total. The Morgan fingerprint density at radius 3 is 2.10 bits per heavy atom. The summed E-state index contributed by atoms with van der Waals surface area (Å²) < 4.78 is 5.72. The fourth-order valence-electron chi connectivity index (χ4n) is 2.59. The van der Waals surface area contributed by atoms with Crippen LogP contribution < -0.4 is 5.32 Å². The van der Waals surface area contributed by atoms with Crippen LogP contribution in [0.4, 0.5) is 0 Å². The van der Waals surface area contributed by atoms with Crippen LogP contribution in [-0.4, -0.2) is 20.2 Å². The van der Waals surface area contributed by atoms with Gasteiger partial charge in [-0.15, -0.1) is 0 Å². The number of likely N-dealkylation sites (N-methyl/N-ethyl adjacent to an activating group) is 1. The molecule has 2 unspecified atom stereocenters. The van der Waals surface area contributed by atoms with Crippen molar-refractivity contribution in [2.45, 2.75) is 25.0 Å². The number of methoxy groups -OCH3 is 1. The number of benzene rings is 2. The lowest BCUT2D eigenvalue weighted by Crippen LogP contribution is -2.33. The average molecular weight is 269 g/mol. The number of ether oxygens (including phenoxy) is 1. The van der Waals surface area contributed by atoms with Crippen molar-refractivity contribution in [1.82, 2.24) is 5.32 Å². The molecule has 2 rings (SSSR count). The molecule has 2 heteroatoms. The average Bonchev–Trinajstić information content (AvgIpc) is 2.53. The monoisotopic (exact) mass is 269 g/mol. The fourth-order valence-corrected chi connectivity index (χ4v) is 2.59. The van der Waals surface area contributed by atoms with Crippen molar-refractivity contribution in [2.75, 3.05) is 14.2 Å². The van der Waals surface area contributed by atoms with E-state index >= 15 is 0 Å². The molecule has 2 nitrogen and oxygen atoms in total. The van der Waals surface area contributed by atoms with Crippen LogP contribution in [0.3, 0.4) is 0 Å². The Labute approximate surface area is 121 Å². The molecule has 20 heavy (non-hydrogen) atoms. The summed E-state index contributed by atoms with van der Waals surface area (Å²) in [5, 5.41) is 3.40. The second-order valence-corrected chi connectivity index (χ2v) is 4.99. The molecule has 0 heterocycles. The largest absolute Gasteiger partial charge is 0.375 e. The van der Waals surface area contributed by atoms with E-state index in [4.69, 9.17) is 4.74 Å². The molecule has 2 aromatic rings. The van der Waals surface area contributed by atoms with Gasteiger partial charge in [0.2, 0.25) is 0 Å². The number of nitrogens with one attached hydrogen (secondary N) is 1. The van der Waals surface area contributed by atoms with E-state index in [0.29, 0.717) is 6.04 Å². The molecule has 2 aromatic carbocycles. The van der Waals surface area contributed by atoms with Gasteiger partial charge < -0.3 is 10.1 Å². The molecule has 106 valence electrons. The first-order chi connectivity index (χ1) is 9.85. The summed E-state index contributed by atoms with van der Waals surface area (Å²) in [7, 11) is 3.79. The molecule has 0 bridgehead atoms. The van der Waals surface area contributed by atoms with Crippen molar-refractivity contribution in [3.63, 3.8) is 0 Å². The molecular weight excluding hydrogens is 246 g/mol. The summed E-state index contributed by atoms with van der Waals surface area (Å²) >= 11 is 0. The van der Waals surface area contributed by atoms with Gasteiger partial charge in [0.1, 0.15) is 0 Å². The second kappa shape index (κ2) is 7.83. The highest BCUT2D eigenvalue weighted by Crippen LogP contribution is 2.23. The van der Waals surface area contributed by atoms with Crippen molar-refractivity contribution in [1.29, 1.82) is 0 Å². The quantitative estimate of drug-likeness (QED) is 0.829. The zero-order valence-electron chi connectivity index (χ0n) is 12.3. The van der Waals surface area contributed by atoms with Gasteiger partial charge in [0, 0.05) is 13.2 Å². The van der Waals surface area contributed by atoms with Crippen LogP contribution in [0.5, 0.6) is 0 Å². The maximum absolute atomic E-state index is 5.72. The summed E-state index contributed by atoms with van der Waals surface area (Å²) in [5.74, 6) is 0. The first-order valence-corrected chi connectivity index (χ1v) is 7.14. The van der Waals surface area contributed by atoms with Gasteiger partial charge in [-0.05, 0) is 31.0 Å². The van der Waals surface area contributed by atoms with Gasteiger partial charge >= 0.3 is 0 Å². The summed E-state index contributed by atoms with van der Waals surface area (Å²) in [6, 6.07) is 21.3. The molecule has 0 spiro atoms. The minimum absolute atomic E-state index is 0.0879. The van der Waals surface area contributed by atoms with Crippen LogP contribution in [0.25, 0.3) is 0 Å². The molecule has 0 radical (unpaired) electrons. The van der Waals surface area contributed by atoms with E-state index in [1.807, 2.05) is 13.1 Å². The highest BCUT2D eigenvalue weighted by molar-refractivity contribution is 5.20. The summed E-state index contributed by atoms with van der Waals surface area (Å²) in [6.45, 7) is 0. The van der Waals surface area contributed by atoms with E-state index in [0.717, 1.165) is 12.8 Å². The highest BCUT2D eigenvalue weighted by atomic mass is 16.5. The molecule has 0 aliphatic carbocycles. The predicted octanol–water partition coefficient (Wildman–Crippen LogP) is 3.59. The lowest BCUT2D eigenvalue weighted by Gasteiger charge is -2.26. The zero-order chi connectivity index (χ0) is 14.2. The van der Waals surface area contributed by atoms with Crippen molar-refractivity contribution in [2.24, 2.45) is 0 Å². The smallest absolute Gasteiger partial charge is 0.0974 e. The Kier molecular flexibility index (Phi) is 5.78. The van der Waals surface area contributed by atoms with E-state index in [-0.39, 0.29) is 6.10 Å². The molecule has 0 amide bonds. The third kappa shape index (κ3) is 3.92. The number of hydrogen-bond donors (Lipinski definition) is 1. The molecule has 0 aliphatic heterocycles. The van der Waals surface area contributed by atoms with Gasteiger partial charge in [0.15, 0.2) is 0 Å². The van der Waals surface area contributed by atoms with Gasteiger partial charge in [-0.3, -0.25) is 0 Å². The van der Waals surface area contributed by atoms with Crippen LogP contribution in [0.2, 0.25) is 0 Å². The Bertz CT molecular complexity index is 483. The van der Waals surface area contributed by atoms with Gasteiger partial charge in [-0.25, -0.2) is 0 Å². The van der Waals surface area contributed by atoms with Crippen molar-refractivity contribution in [3.8, 4) is 0 Å². The first-order valence-electron chi connectivity index (χ1n) is 7.14. The van der Waals surface area contributed by atoms with E-state index in [2.05, 4.69) is 59.9 Å². The van der Waals surface area contributed by atoms with E-state index in [1.165, 1.54) is 11.1 Å². The Morgan fingerprint density at radius 1 is 0.950 bits per heavy atom. The minimum atomic E-state index is 0.0879. The highest BCUT2D eigenvalue weighted by Gasteiger charge is 2.21. The Hall–Kier alpha value is -1.64.